The van der Waals surface area contributed by atoms with E-state index in [0.717, 1.165) is 10.2 Å². The quantitative estimate of drug-likeness (QED) is 0.791. The molecule has 2 aromatic carbocycles. The second-order valence-corrected chi connectivity index (χ2v) is 6.79. The minimum atomic E-state index is 0.0538. The number of nitrogens with two attached hydrogens (primary N) is 1. The van der Waals surface area contributed by atoms with Crippen LogP contribution in [0.3, 0.4) is 0 Å². The van der Waals surface area contributed by atoms with E-state index in [-0.39, 0.29) is 5.91 Å². The lowest BCUT2D eigenvalue weighted by Gasteiger charge is -2.37. The molecule has 1 saturated heterocycles. The largest absolute Gasteiger partial charge is 0.397 e. The van der Waals surface area contributed by atoms with Gasteiger partial charge in [-0.3, -0.25) is 4.79 Å². The molecule has 1 amide bonds. The number of nitrogen functional groups attached to an aromatic ring is 1. The Morgan fingerprint density at radius 3 is 2.43 bits per heavy atom. The zero-order valence-corrected chi connectivity index (χ0v) is 14.8. The van der Waals surface area contributed by atoms with Crippen molar-refractivity contribution in [2.75, 3.05) is 36.8 Å². The molecule has 0 spiro atoms. The summed E-state index contributed by atoms with van der Waals surface area (Å²) in [5, 5.41) is 0.650. The molecule has 1 aliphatic rings. The van der Waals surface area contributed by atoms with Crippen LogP contribution in [0, 0.1) is 0 Å². The molecular weight excluding hydrogens is 378 g/mol. The lowest BCUT2D eigenvalue weighted by molar-refractivity contribution is 0.0747. The zero-order valence-electron chi connectivity index (χ0n) is 12.5. The maximum atomic E-state index is 12.6. The van der Waals surface area contributed by atoms with E-state index in [1.54, 1.807) is 0 Å². The summed E-state index contributed by atoms with van der Waals surface area (Å²) in [5.41, 5.74) is 8.28. The highest BCUT2D eigenvalue weighted by molar-refractivity contribution is 9.10. The van der Waals surface area contributed by atoms with Crippen LogP contribution in [0.4, 0.5) is 11.4 Å². The molecule has 120 valence electrons. The van der Waals surface area contributed by atoms with E-state index in [2.05, 4.69) is 20.8 Å². The molecule has 0 radical (unpaired) electrons. The average Bonchev–Trinajstić information content (AvgIpc) is 2.55. The van der Waals surface area contributed by atoms with Gasteiger partial charge in [0.25, 0.3) is 5.91 Å². The summed E-state index contributed by atoms with van der Waals surface area (Å²) in [4.78, 5) is 16.6. The summed E-state index contributed by atoms with van der Waals surface area (Å²) in [5.74, 6) is 0.0538. The van der Waals surface area contributed by atoms with E-state index >= 15 is 0 Å². The van der Waals surface area contributed by atoms with Crippen LogP contribution in [0.5, 0.6) is 0 Å². The van der Waals surface area contributed by atoms with Gasteiger partial charge in [-0.1, -0.05) is 39.7 Å². The Bertz CT molecular complexity index is 709. The summed E-state index contributed by atoms with van der Waals surface area (Å²) in [6.45, 7) is 2.73. The molecule has 0 aliphatic carbocycles. The minimum Gasteiger partial charge on any atom is -0.397 e. The van der Waals surface area contributed by atoms with Gasteiger partial charge in [-0.05, 0) is 30.3 Å². The maximum Gasteiger partial charge on any atom is 0.254 e. The molecule has 0 aromatic heterocycles. The maximum absolute atomic E-state index is 12.6. The van der Waals surface area contributed by atoms with Gasteiger partial charge in [0.05, 0.1) is 16.4 Å². The number of para-hydroxylation sites is 1. The summed E-state index contributed by atoms with van der Waals surface area (Å²) < 4.78 is 0.908. The Morgan fingerprint density at radius 1 is 1.09 bits per heavy atom. The molecule has 23 heavy (non-hydrogen) atoms. The van der Waals surface area contributed by atoms with Crippen LogP contribution >= 0.6 is 27.5 Å². The molecule has 1 fully saturated rings. The Morgan fingerprint density at radius 2 is 1.78 bits per heavy atom. The Kier molecular flexibility index (Phi) is 4.78. The fourth-order valence-electron chi connectivity index (χ4n) is 2.80. The molecule has 1 heterocycles. The Balaban J connectivity index is 1.70. The topological polar surface area (TPSA) is 49.6 Å². The van der Waals surface area contributed by atoms with Crippen molar-refractivity contribution in [3.8, 4) is 0 Å². The number of amides is 1. The molecule has 4 nitrogen and oxygen atoms in total. The van der Waals surface area contributed by atoms with Crippen LogP contribution in [0.1, 0.15) is 10.4 Å². The van der Waals surface area contributed by atoms with Crippen LogP contribution < -0.4 is 10.6 Å². The number of piperazine rings is 1. The first-order valence-electron chi connectivity index (χ1n) is 7.40. The van der Waals surface area contributed by atoms with E-state index in [1.165, 1.54) is 0 Å². The van der Waals surface area contributed by atoms with Crippen molar-refractivity contribution in [1.29, 1.82) is 0 Å². The van der Waals surface area contributed by atoms with Gasteiger partial charge >= 0.3 is 0 Å². The zero-order chi connectivity index (χ0) is 16.4. The first kappa shape index (κ1) is 16.1. The number of anilines is 2. The highest BCUT2D eigenvalue weighted by atomic mass is 79.9. The van der Waals surface area contributed by atoms with Crippen molar-refractivity contribution in [2.45, 2.75) is 0 Å². The lowest BCUT2D eigenvalue weighted by atomic mass is 10.1. The van der Waals surface area contributed by atoms with E-state index in [1.807, 2.05) is 47.4 Å². The smallest absolute Gasteiger partial charge is 0.254 e. The number of carbonyl (C=O) groups excluding carboxylic acids is 1. The third kappa shape index (κ3) is 3.46. The van der Waals surface area contributed by atoms with Crippen LogP contribution in [0.15, 0.2) is 46.9 Å². The van der Waals surface area contributed by atoms with E-state index < -0.39 is 0 Å². The predicted molar refractivity (Wildman–Crippen MR) is 98.1 cm³/mol. The molecule has 0 atom stereocenters. The average molecular weight is 395 g/mol. The van der Waals surface area contributed by atoms with Crippen molar-refractivity contribution in [1.82, 2.24) is 4.90 Å². The molecule has 0 saturated carbocycles. The van der Waals surface area contributed by atoms with Crippen LogP contribution in [0.2, 0.25) is 5.02 Å². The second-order valence-electron chi connectivity index (χ2n) is 5.47. The highest BCUT2D eigenvalue weighted by Gasteiger charge is 2.24. The predicted octanol–water partition coefficient (Wildman–Crippen LogP) is 3.65. The van der Waals surface area contributed by atoms with Crippen molar-refractivity contribution in [3.05, 3.63) is 57.5 Å². The third-order valence-corrected chi connectivity index (χ3v) is 4.77. The number of hydrogen-bond donors (Lipinski definition) is 1. The Labute approximate surface area is 148 Å². The van der Waals surface area contributed by atoms with Crippen molar-refractivity contribution >= 4 is 44.8 Å². The van der Waals surface area contributed by atoms with Gasteiger partial charge in [0, 0.05) is 36.2 Å². The van der Waals surface area contributed by atoms with Crippen molar-refractivity contribution in [2.24, 2.45) is 0 Å². The molecular formula is C17H17BrClN3O. The third-order valence-electron chi connectivity index (χ3n) is 3.97. The van der Waals surface area contributed by atoms with E-state index in [0.29, 0.717) is 42.5 Å². The number of nitrogens with zero attached hydrogens (tertiary/aromatic N) is 2. The number of carbonyl (C=O) groups is 1. The van der Waals surface area contributed by atoms with E-state index in [4.69, 9.17) is 17.3 Å². The van der Waals surface area contributed by atoms with Gasteiger partial charge in [-0.2, -0.15) is 0 Å². The SMILES string of the molecule is Nc1cccc(Cl)c1N1CCN(C(=O)c2cccc(Br)c2)CC1. The first-order valence-corrected chi connectivity index (χ1v) is 8.57. The van der Waals surface area contributed by atoms with Crippen molar-refractivity contribution in [3.63, 3.8) is 0 Å². The van der Waals surface area contributed by atoms with Crippen molar-refractivity contribution < 1.29 is 4.79 Å². The molecule has 1 aliphatic heterocycles. The van der Waals surface area contributed by atoms with Crippen LogP contribution in [-0.2, 0) is 0 Å². The highest BCUT2D eigenvalue weighted by Crippen LogP contribution is 2.32. The molecule has 3 rings (SSSR count). The molecule has 2 aromatic rings. The fraction of sp³-hybridized carbons (Fsp3) is 0.235. The first-order chi connectivity index (χ1) is 11.1. The van der Waals surface area contributed by atoms with Crippen LogP contribution in [0.25, 0.3) is 0 Å². The molecule has 2 N–H and O–H groups in total. The van der Waals surface area contributed by atoms with Crippen LogP contribution in [-0.4, -0.2) is 37.0 Å². The summed E-state index contributed by atoms with van der Waals surface area (Å²) in [6, 6.07) is 13.0. The number of benzene rings is 2. The summed E-state index contributed by atoms with van der Waals surface area (Å²) in [7, 11) is 0. The van der Waals surface area contributed by atoms with Gasteiger partial charge in [0.1, 0.15) is 0 Å². The number of rotatable bonds is 2. The van der Waals surface area contributed by atoms with Gasteiger partial charge in [-0.25, -0.2) is 0 Å². The number of hydrogen-bond acceptors (Lipinski definition) is 3. The lowest BCUT2D eigenvalue weighted by Crippen LogP contribution is -2.49. The minimum absolute atomic E-state index is 0.0538. The summed E-state index contributed by atoms with van der Waals surface area (Å²) in [6.07, 6.45) is 0. The van der Waals surface area contributed by atoms with Gasteiger partial charge in [-0.15, -0.1) is 0 Å². The summed E-state index contributed by atoms with van der Waals surface area (Å²) >= 11 is 9.67. The number of halogens is 2. The fourth-order valence-corrected chi connectivity index (χ4v) is 3.50. The molecule has 0 unspecified atom stereocenters. The van der Waals surface area contributed by atoms with Gasteiger partial charge in [0.15, 0.2) is 0 Å². The standard InChI is InChI=1S/C17H17BrClN3O/c18-13-4-1-3-12(11-13)17(23)22-9-7-21(8-10-22)16-14(19)5-2-6-15(16)20/h1-6,11H,7-10,20H2. The molecule has 6 heteroatoms. The monoisotopic (exact) mass is 393 g/mol. The Hall–Kier alpha value is -1.72. The van der Waals surface area contributed by atoms with Gasteiger partial charge < -0.3 is 15.5 Å². The van der Waals surface area contributed by atoms with E-state index in [9.17, 15) is 4.79 Å². The second kappa shape index (κ2) is 6.81. The molecule has 0 bridgehead atoms. The normalized spacial score (nSPS) is 14.9. The van der Waals surface area contributed by atoms with Gasteiger partial charge in [0.2, 0.25) is 0 Å².